The Morgan fingerprint density at radius 1 is 1.18 bits per heavy atom. The summed E-state index contributed by atoms with van der Waals surface area (Å²) in [7, 11) is 0.609. The van der Waals surface area contributed by atoms with Crippen molar-refractivity contribution in [3.63, 3.8) is 0 Å². The number of nitrogens with zero attached hydrogens (tertiary/aromatic N) is 2. The maximum Gasteiger partial charge on any atom is 0.0841 e. The van der Waals surface area contributed by atoms with Crippen molar-refractivity contribution in [2.45, 2.75) is 78.4 Å². The average Bonchev–Trinajstić information content (AvgIpc) is 2.54. The highest BCUT2D eigenvalue weighted by atomic mass is 31.1. The monoisotopic (exact) mass is 326 g/mol. The van der Waals surface area contributed by atoms with E-state index < -0.39 is 0 Å². The molecule has 0 saturated heterocycles. The predicted octanol–water partition coefficient (Wildman–Crippen LogP) is 4.08. The summed E-state index contributed by atoms with van der Waals surface area (Å²) in [5.41, 5.74) is 0. The summed E-state index contributed by atoms with van der Waals surface area (Å²) in [6, 6.07) is 2.89. The maximum atomic E-state index is 9.34. The molecule has 3 atom stereocenters. The highest BCUT2D eigenvalue weighted by Gasteiger charge is 2.16. The van der Waals surface area contributed by atoms with E-state index in [1.165, 1.54) is 19.3 Å². The molecule has 0 spiro atoms. The molecular weight excluding hydrogens is 291 g/mol. The van der Waals surface area contributed by atoms with Crippen molar-refractivity contribution in [3.8, 4) is 6.07 Å². The van der Waals surface area contributed by atoms with Crippen molar-refractivity contribution >= 4 is 14.9 Å². The fraction of sp³-hybridized carbons (Fsp3) is 0.882. The molecule has 5 heteroatoms. The zero-order valence-electron chi connectivity index (χ0n) is 14.9. The van der Waals surface area contributed by atoms with Gasteiger partial charge in [-0.15, -0.1) is 0 Å². The Morgan fingerprint density at radius 3 is 2.45 bits per heavy atom. The third-order valence-electron chi connectivity index (χ3n) is 3.77. The van der Waals surface area contributed by atoms with E-state index in [0.29, 0.717) is 14.8 Å². The summed E-state index contributed by atoms with van der Waals surface area (Å²) >= 11 is 0. The van der Waals surface area contributed by atoms with Crippen LogP contribution in [0.1, 0.15) is 66.2 Å². The lowest BCUT2D eigenvalue weighted by Gasteiger charge is -2.25. The van der Waals surface area contributed by atoms with E-state index in [1.54, 1.807) is 0 Å². The molecule has 3 unspecified atom stereocenters. The quantitative estimate of drug-likeness (QED) is 0.219. The van der Waals surface area contributed by atoms with Gasteiger partial charge in [0.2, 0.25) is 0 Å². The molecule has 0 aromatic rings. The molecule has 4 nitrogen and oxygen atoms in total. The van der Waals surface area contributed by atoms with Gasteiger partial charge in [-0.3, -0.25) is 10.1 Å². The molecule has 0 aliphatic heterocycles. The van der Waals surface area contributed by atoms with E-state index in [0.717, 1.165) is 32.0 Å². The van der Waals surface area contributed by atoms with Gasteiger partial charge in [-0.1, -0.05) is 40.5 Å². The van der Waals surface area contributed by atoms with Crippen LogP contribution in [0.5, 0.6) is 0 Å². The molecule has 0 saturated carbocycles. The predicted molar refractivity (Wildman–Crippen MR) is 99.9 cm³/mol. The van der Waals surface area contributed by atoms with E-state index in [1.807, 2.05) is 6.21 Å². The summed E-state index contributed by atoms with van der Waals surface area (Å²) in [5, 5.41) is 16.4. The molecule has 22 heavy (non-hydrogen) atoms. The molecule has 0 fully saturated rings. The molecule has 0 aliphatic rings. The summed E-state index contributed by atoms with van der Waals surface area (Å²) in [6.45, 7) is 9.62. The second-order valence-corrected chi connectivity index (χ2v) is 6.73. The van der Waals surface area contributed by atoms with Crippen molar-refractivity contribution in [1.29, 1.82) is 5.26 Å². The van der Waals surface area contributed by atoms with E-state index in [4.69, 9.17) is 0 Å². The van der Waals surface area contributed by atoms with Gasteiger partial charge in [0.1, 0.15) is 0 Å². The Kier molecular flexibility index (Phi) is 15.1. The zero-order chi connectivity index (χ0) is 16.6. The molecule has 0 aliphatic carbocycles. The first-order valence-corrected chi connectivity index (χ1v) is 10.0. The maximum absolute atomic E-state index is 9.34. The zero-order valence-corrected chi connectivity index (χ0v) is 15.9. The number of rotatable bonds is 14. The van der Waals surface area contributed by atoms with Gasteiger partial charge in [-0.25, -0.2) is 0 Å². The molecule has 128 valence electrons. The highest BCUT2D eigenvalue weighted by Crippen LogP contribution is 2.15. The van der Waals surface area contributed by atoms with Crippen molar-refractivity contribution < 1.29 is 0 Å². The number of hydrogen-bond donors (Lipinski definition) is 2. The lowest BCUT2D eigenvalue weighted by Crippen LogP contribution is -2.48. The molecule has 0 aromatic carbocycles. The lowest BCUT2D eigenvalue weighted by atomic mass is 10.1. The van der Waals surface area contributed by atoms with Gasteiger partial charge >= 0.3 is 0 Å². The van der Waals surface area contributed by atoms with Crippen molar-refractivity contribution in [1.82, 2.24) is 10.6 Å². The summed E-state index contributed by atoms with van der Waals surface area (Å²) < 4.78 is 4.47. The topological polar surface area (TPSA) is 60.2 Å². The van der Waals surface area contributed by atoms with Gasteiger partial charge in [0.15, 0.2) is 0 Å². The third kappa shape index (κ3) is 11.1. The molecule has 0 radical (unpaired) electrons. The van der Waals surface area contributed by atoms with Crippen molar-refractivity contribution in [3.05, 3.63) is 0 Å². The Balaban J connectivity index is 4.27. The molecule has 0 rings (SSSR count). The Hall–Kier alpha value is -0.490. The summed E-state index contributed by atoms with van der Waals surface area (Å²) in [5.74, 6) is -0.107. The molecule has 2 N–H and O–H groups in total. The van der Waals surface area contributed by atoms with Gasteiger partial charge in [0, 0.05) is 21.0 Å². The van der Waals surface area contributed by atoms with Crippen molar-refractivity contribution in [2.24, 2.45) is 10.7 Å². The first-order chi connectivity index (χ1) is 10.7. The van der Waals surface area contributed by atoms with E-state index >= 15 is 0 Å². The van der Waals surface area contributed by atoms with Crippen LogP contribution in [-0.2, 0) is 0 Å². The van der Waals surface area contributed by atoms with Gasteiger partial charge in [-0.05, 0) is 38.4 Å². The first kappa shape index (κ1) is 21.5. The van der Waals surface area contributed by atoms with Crippen LogP contribution in [0.3, 0.4) is 0 Å². The normalized spacial score (nSPS) is 14.9. The Morgan fingerprint density at radius 2 is 1.91 bits per heavy atom. The van der Waals surface area contributed by atoms with Crippen LogP contribution in [0.15, 0.2) is 4.76 Å². The lowest BCUT2D eigenvalue weighted by molar-refractivity contribution is 0.338. The van der Waals surface area contributed by atoms with Gasteiger partial charge < -0.3 is 5.32 Å². The van der Waals surface area contributed by atoms with Gasteiger partial charge in [-0.2, -0.15) is 5.26 Å². The first-order valence-electron chi connectivity index (χ1n) is 8.86. The van der Waals surface area contributed by atoms with E-state index in [2.05, 4.69) is 49.2 Å². The average molecular weight is 326 g/mol. The van der Waals surface area contributed by atoms with Crippen LogP contribution in [0, 0.1) is 17.2 Å². The van der Waals surface area contributed by atoms with E-state index in [9.17, 15) is 5.26 Å². The fourth-order valence-electron chi connectivity index (χ4n) is 2.33. The minimum Gasteiger partial charge on any atom is -0.302 e. The van der Waals surface area contributed by atoms with E-state index in [-0.39, 0.29) is 12.1 Å². The summed E-state index contributed by atoms with van der Waals surface area (Å²) in [4.78, 5) is 0. The van der Waals surface area contributed by atoms with Gasteiger partial charge in [0.05, 0.1) is 18.2 Å². The number of nitrogens with one attached hydrogen (secondary N) is 2. The molecular formula is C17H35N4P. The standard InChI is InChI=1S/C17H35N4P/c1-5-9-10-11-22-20-14-15(13-18)12-17(19-8-4)21-16(6-2)7-3/h14-17,19,21-22H,5-12H2,1-4H3/b20-14-. The summed E-state index contributed by atoms with van der Waals surface area (Å²) in [6.07, 6.45) is 10.0. The van der Waals surface area contributed by atoms with Crippen LogP contribution in [0.4, 0.5) is 0 Å². The van der Waals surface area contributed by atoms with Crippen LogP contribution >= 0.6 is 8.73 Å². The van der Waals surface area contributed by atoms with Crippen LogP contribution < -0.4 is 10.6 Å². The number of unbranched alkanes of at least 4 members (excludes halogenated alkanes) is 2. The minimum absolute atomic E-state index is 0.107. The SMILES string of the molecule is CCCCCP/N=C\C(C#N)CC(NCC)NC(CC)CC. The van der Waals surface area contributed by atoms with Crippen LogP contribution in [-0.4, -0.2) is 31.1 Å². The van der Waals surface area contributed by atoms with Crippen molar-refractivity contribution in [2.75, 3.05) is 12.7 Å². The number of hydrogen-bond acceptors (Lipinski definition) is 4. The highest BCUT2D eigenvalue weighted by molar-refractivity contribution is 7.36. The minimum atomic E-state index is -0.107. The Labute approximate surface area is 139 Å². The smallest absolute Gasteiger partial charge is 0.0841 e. The molecule has 0 amide bonds. The molecule has 0 heterocycles. The second kappa shape index (κ2) is 15.4. The number of nitriles is 1. The third-order valence-corrected chi connectivity index (χ3v) is 4.68. The fourth-order valence-corrected chi connectivity index (χ4v) is 3.15. The molecule has 0 aromatic heterocycles. The van der Waals surface area contributed by atoms with Gasteiger partial charge in [0.25, 0.3) is 0 Å². The molecule has 0 bridgehead atoms. The van der Waals surface area contributed by atoms with Crippen LogP contribution in [0.2, 0.25) is 0 Å². The largest absolute Gasteiger partial charge is 0.302 e. The van der Waals surface area contributed by atoms with Crippen LogP contribution in [0.25, 0.3) is 0 Å². The Bertz CT molecular complexity index is 310. The second-order valence-electron chi connectivity index (χ2n) is 5.66.